The summed E-state index contributed by atoms with van der Waals surface area (Å²) in [5.41, 5.74) is 0.546. The van der Waals surface area contributed by atoms with Gasteiger partial charge < -0.3 is 19.7 Å². The van der Waals surface area contributed by atoms with Gasteiger partial charge >= 0.3 is 6.09 Å². The molecule has 11 nitrogen and oxygen atoms in total. The highest BCUT2D eigenvalue weighted by atomic mass is 32.2. The first kappa shape index (κ1) is 35.6. The zero-order valence-electron chi connectivity index (χ0n) is 27.9. The fourth-order valence-electron chi connectivity index (χ4n) is 5.38. The number of hydrogen-bond acceptors (Lipinski definition) is 9. The van der Waals surface area contributed by atoms with Gasteiger partial charge in [-0.1, -0.05) is 19.1 Å². The molecule has 1 atom stereocenters. The average Bonchev–Trinajstić information content (AvgIpc) is 3.03. The van der Waals surface area contributed by atoms with Gasteiger partial charge in [0.1, 0.15) is 22.9 Å². The molecule has 0 aliphatic carbocycles. The number of nitrogens with one attached hydrogen (secondary N) is 2. The topological polar surface area (TPSA) is 136 Å². The third-order valence-electron chi connectivity index (χ3n) is 7.78. The van der Waals surface area contributed by atoms with E-state index in [0.717, 1.165) is 18.9 Å². The fraction of sp³-hybridized carbons (Fsp3) is 0.412. The lowest BCUT2D eigenvalue weighted by Crippen LogP contribution is -2.47. The number of nitrogens with zero attached hydrogens (tertiary/aromatic N) is 4. The highest BCUT2D eigenvalue weighted by molar-refractivity contribution is 7.92. The SMILES string of the molecule is CCC(F)(F)CS(=O)(=O)Nc1c(F)ccc2c(Oc3ncccc3-c3ccnc(N[C@H]4CCCN(C(=O)OC(C)(C)C)C4)n3)c(C)ccc12. The number of pyridine rings is 1. The minimum atomic E-state index is -4.61. The van der Waals surface area contributed by atoms with Gasteiger partial charge in [-0.3, -0.25) is 4.72 Å². The lowest BCUT2D eigenvalue weighted by Gasteiger charge is -2.34. The normalized spacial score (nSPS) is 15.6. The van der Waals surface area contributed by atoms with Crippen molar-refractivity contribution in [1.82, 2.24) is 19.9 Å². The van der Waals surface area contributed by atoms with E-state index in [1.54, 1.807) is 42.3 Å². The number of amides is 1. The molecule has 0 unspecified atom stereocenters. The van der Waals surface area contributed by atoms with Crippen LogP contribution in [0.3, 0.4) is 0 Å². The number of rotatable bonds is 10. The van der Waals surface area contributed by atoms with Gasteiger partial charge in [0.05, 0.1) is 16.9 Å². The van der Waals surface area contributed by atoms with Crippen molar-refractivity contribution in [3.05, 3.63) is 66.2 Å². The second kappa shape index (κ2) is 14.1. The summed E-state index contributed by atoms with van der Waals surface area (Å²) in [5, 5.41) is 3.76. The minimum absolute atomic E-state index is 0.111. The second-order valence-electron chi connectivity index (χ2n) is 12.9. The third-order valence-corrected chi connectivity index (χ3v) is 9.10. The molecular weight excluding hydrogens is 661 g/mol. The first-order valence-corrected chi connectivity index (χ1v) is 17.5. The minimum Gasteiger partial charge on any atom is -0.444 e. The molecule has 0 spiro atoms. The molecule has 1 amide bonds. The summed E-state index contributed by atoms with van der Waals surface area (Å²) in [4.78, 5) is 27.8. The summed E-state index contributed by atoms with van der Waals surface area (Å²) in [5.74, 6) is -5.15. The van der Waals surface area contributed by atoms with Gasteiger partial charge in [0.15, 0.2) is 0 Å². The van der Waals surface area contributed by atoms with E-state index in [1.807, 2.05) is 25.5 Å². The number of piperidine rings is 1. The average molecular weight is 701 g/mol. The van der Waals surface area contributed by atoms with Crippen molar-refractivity contribution < 1.29 is 35.9 Å². The summed E-state index contributed by atoms with van der Waals surface area (Å²) in [6.45, 7) is 9.40. The number of hydrogen-bond donors (Lipinski definition) is 2. The quantitative estimate of drug-likeness (QED) is 0.172. The summed E-state index contributed by atoms with van der Waals surface area (Å²) in [6.07, 6.45) is 3.63. The zero-order chi connectivity index (χ0) is 35.6. The number of alkyl halides is 2. The molecule has 2 N–H and O–H groups in total. The van der Waals surface area contributed by atoms with E-state index in [-0.39, 0.29) is 29.2 Å². The van der Waals surface area contributed by atoms with Gasteiger partial charge in [0.2, 0.25) is 21.9 Å². The zero-order valence-corrected chi connectivity index (χ0v) is 28.7. The van der Waals surface area contributed by atoms with Crippen LogP contribution in [0.1, 0.15) is 52.5 Å². The second-order valence-corrected chi connectivity index (χ2v) is 14.7. The molecule has 4 aromatic rings. The number of likely N-dealkylation sites (tertiary alicyclic amines) is 1. The van der Waals surface area contributed by atoms with E-state index in [1.165, 1.54) is 25.3 Å². The standard InChI is InChI=1S/C34H39F3N6O5S/c1-6-34(36,37)20-49(45,46)42-28-23-12-11-21(2)29(24(23)13-14-26(28)35)47-30-25(10-7-16-38-30)27-15-17-39-31(41-27)40-22-9-8-18-43(19-22)32(44)48-33(3,4)5/h7,10-17,22,42H,6,8-9,18-20H2,1-5H3,(H,39,40,41)/t22-/m0/s1. The van der Waals surface area contributed by atoms with Gasteiger partial charge in [-0.25, -0.2) is 41.3 Å². The van der Waals surface area contributed by atoms with Crippen molar-refractivity contribution in [3.8, 4) is 22.9 Å². The predicted molar refractivity (Wildman–Crippen MR) is 181 cm³/mol. The molecule has 2 aromatic carbocycles. The van der Waals surface area contributed by atoms with E-state index in [2.05, 4.69) is 15.3 Å². The molecule has 1 fully saturated rings. The first-order valence-electron chi connectivity index (χ1n) is 15.8. The third kappa shape index (κ3) is 8.88. The number of aromatic nitrogens is 3. The molecule has 0 saturated carbocycles. The lowest BCUT2D eigenvalue weighted by atomic mass is 10.0. The summed E-state index contributed by atoms with van der Waals surface area (Å²) in [6, 6.07) is 10.6. The number of carbonyl (C=O) groups excluding carboxylic acids is 1. The molecule has 2 aromatic heterocycles. The Labute approximate surface area is 283 Å². The molecule has 1 saturated heterocycles. The Balaban J connectivity index is 1.41. The highest BCUT2D eigenvalue weighted by Crippen LogP contribution is 2.40. The Hall–Kier alpha value is -4.66. The molecule has 0 radical (unpaired) electrons. The number of benzene rings is 2. The van der Waals surface area contributed by atoms with E-state index in [4.69, 9.17) is 14.5 Å². The van der Waals surface area contributed by atoms with Crippen molar-refractivity contribution >= 4 is 38.5 Å². The Bertz CT molecular complexity index is 1950. The highest BCUT2D eigenvalue weighted by Gasteiger charge is 2.34. The summed E-state index contributed by atoms with van der Waals surface area (Å²) in [7, 11) is -4.61. The first-order chi connectivity index (χ1) is 23.0. The molecule has 0 bridgehead atoms. The number of fused-ring (bicyclic) bond motifs is 1. The van der Waals surface area contributed by atoms with Crippen LogP contribution in [-0.2, 0) is 14.8 Å². The number of ether oxygens (including phenoxy) is 2. The Morgan fingerprint density at radius 1 is 1.06 bits per heavy atom. The smallest absolute Gasteiger partial charge is 0.410 e. The Morgan fingerprint density at radius 2 is 1.82 bits per heavy atom. The largest absolute Gasteiger partial charge is 0.444 e. The van der Waals surface area contributed by atoms with Crippen molar-refractivity contribution in [2.45, 2.75) is 71.4 Å². The summed E-state index contributed by atoms with van der Waals surface area (Å²) < 4.78 is 82.1. The maximum Gasteiger partial charge on any atom is 0.410 e. The number of halogens is 3. The van der Waals surface area contributed by atoms with Crippen LogP contribution in [0.2, 0.25) is 0 Å². The lowest BCUT2D eigenvalue weighted by molar-refractivity contribution is 0.0201. The van der Waals surface area contributed by atoms with Gasteiger partial charge in [-0.05, 0) is 76.4 Å². The number of sulfonamides is 1. The predicted octanol–water partition coefficient (Wildman–Crippen LogP) is 7.53. The fourth-order valence-corrected chi connectivity index (χ4v) is 6.73. The van der Waals surface area contributed by atoms with Gasteiger partial charge in [-0.15, -0.1) is 0 Å². The maximum atomic E-state index is 15.0. The number of anilines is 2. The molecule has 1 aliphatic rings. The summed E-state index contributed by atoms with van der Waals surface area (Å²) >= 11 is 0. The molecular formula is C34H39F3N6O5S. The number of carbonyl (C=O) groups is 1. The van der Waals surface area contributed by atoms with Crippen LogP contribution in [0.25, 0.3) is 22.0 Å². The molecule has 1 aliphatic heterocycles. The van der Waals surface area contributed by atoms with Crippen molar-refractivity contribution in [2.75, 3.05) is 28.9 Å². The van der Waals surface area contributed by atoms with Gasteiger partial charge in [0, 0.05) is 48.7 Å². The molecule has 15 heteroatoms. The van der Waals surface area contributed by atoms with Crippen LogP contribution >= 0.6 is 0 Å². The monoisotopic (exact) mass is 700 g/mol. The Morgan fingerprint density at radius 3 is 2.55 bits per heavy atom. The maximum absolute atomic E-state index is 15.0. The van der Waals surface area contributed by atoms with E-state index in [9.17, 15) is 22.0 Å². The van der Waals surface area contributed by atoms with Crippen molar-refractivity contribution in [3.63, 3.8) is 0 Å². The van der Waals surface area contributed by atoms with E-state index < -0.39 is 45.2 Å². The van der Waals surface area contributed by atoms with Crippen LogP contribution in [0.5, 0.6) is 11.6 Å². The van der Waals surface area contributed by atoms with E-state index >= 15 is 4.39 Å². The molecule has 3 heterocycles. The number of aryl methyl sites for hydroxylation is 1. The van der Waals surface area contributed by atoms with E-state index in [0.29, 0.717) is 41.2 Å². The Kier molecular flexibility index (Phi) is 10.2. The van der Waals surface area contributed by atoms with Gasteiger partial charge in [0.25, 0.3) is 5.92 Å². The van der Waals surface area contributed by atoms with Crippen LogP contribution in [0.15, 0.2) is 54.9 Å². The van der Waals surface area contributed by atoms with Crippen LogP contribution in [0, 0.1) is 12.7 Å². The molecule has 5 rings (SSSR count). The van der Waals surface area contributed by atoms with Crippen molar-refractivity contribution in [2.24, 2.45) is 0 Å². The van der Waals surface area contributed by atoms with Crippen LogP contribution in [0.4, 0.5) is 29.6 Å². The van der Waals surface area contributed by atoms with Crippen molar-refractivity contribution in [1.29, 1.82) is 0 Å². The van der Waals surface area contributed by atoms with Gasteiger partial charge in [-0.2, -0.15) is 0 Å². The molecule has 49 heavy (non-hydrogen) atoms. The van der Waals surface area contributed by atoms with Crippen LogP contribution in [-0.4, -0.2) is 70.8 Å². The van der Waals surface area contributed by atoms with Crippen LogP contribution < -0.4 is 14.8 Å². The molecule has 262 valence electrons.